The van der Waals surface area contributed by atoms with Gasteiger partial charge in [0.2, 0.25) is 0 Å². The van der Waals surface area contributed by atoms with Crippen LogP contribution in [-0.2, 0) is 4.74 Å². The maximum Gasteiger partial charge on any atom is 0.338 e. The molecule has 2 aromatic carbocycles. The van der Waals surface area contributed by atoms with Gasteiger partial charge in [0.05, 0.1) is 25.7 Å². The van der Waals surface area contributed by atoms with Crippen molar-refractivity contribution in [2.24, 2.45) is 0 Å². The van der Waals surface area contributed by atoms with E-state index in [9.17, 15) is 9.59 Å². The first-order valence-electron chi connectivity index (χ1n) is 7.92. The Morgan fingerprint density at radius 1 is 1.00 bits per heavy atom. The highest BCUT2D eigenvalue weighted by molar-refractivity contribution is 5.98. The van der Waals surface area contributed by atoms with Crippen LogP contribution in [0.4, 0.5) is 5.69 Å². The van der Waals surface area contributed by atoms with Crippen LogP contribution in [0.5, 0.6) is 5.75 Å². The molecule has 5 heteroatoms. The number of ketones is 1. The molecule has 1 N–H and O–H groups in total. The van der Waals surface area contributed by atoms with E-state index in [-0.39, 0.29) is 18.2 Å². The highest BCUT2D eigenvalue weighted by Gasteiger charge is 2.09. The molecule has 0 aliphatic carbocycles. The maximum absolute atomic E-state index is 12.3. The Labute approximate surface area is 147 Å². The van der Waals surface area contributed by atoms with Gasteiger partial charge >= 0.3 is 5.97 Å². The van der Waals surface area contributed by atoms with E-state index in [1.807, 2.05) is 0 Å². The highest BCUT2D eigenvalue weighted by atomic mass is 16.5. The average Bonchev–Trinajstić information content (AvgIpc) is 2.62. The number of esters is 1. The Morgan fingerprint density at radius 3 is 2.16 bits per heavy atom. The monoisotopic (exact) mass is 339 g/mol. The molecular weight excluding hydrogens is 318 g/mol. The zero-order valence-corrected chi connectivity index (χ0v) is 14.4. The molecular formula is C20H21NO4. The second kappa shape index (κ2) is 8.68. The van der Waals surface area contributed by atoms with Gasteiger partial charge in [0.15, 0.2) is 5.78 Å². The summed E-state index contributed by atoms with van der Waals surface area (Å²) in [5, 5.41) is 3.07. The predicted molar refractivity (Wildman–Crippen MR) is 97.1 cm³/mol. The first-order valence-corrected chi connectivity index (χ1v) is 7.92. The number of hydrogen-bond donors (Lipinski definition) is 1. The molecule has 0 aromatic heterocycles. The number of Topliss-reactive ketones (excluding diaryl/α,β-unsaturated/α-hetero) is 1. The molecule has 2 aromatic rings. The zero-order chi connectivity index (χ0) is 18.2. The van der Waals surface area contributed by atoms with Crippen molar-refractivity contribution in [2.75, 3.05) is 19.0 Å². The minimum absolute atomic E-state index is 0.0386. The third kappa shape index (κ3) is 5.21. The molecule has 0 fully saturated rings. The molecule has 0 saturated heterocycles. The van der Waals surface area contributed by atoms with E-state index in [2.05, 4.69) is 11.9 Å². The summed E-state index contributed by atoms with van der Waals surface area (Å²) in [4.78, 5) is 23.9. The van der Waals surface area contributed by atoms with Crippen molar-refractivity contribution in [3.63, 3.8) is 0 Å². The van der Waals surface area contributed by atoms with Crippen LogP contribution in [-0.4, -0.2) is 25.5 Å². The number of carbonyl (C=O) groups is 2. The number of nitrogens with one attached hydrogen (secondary N) is 1. The van der Waals surface area contributed by atoms with E-state index in [1.165, 1.54) is 0 Å². The van der Waals surface area contributed by atoms with Crippen molar-refractivity contribution in [1.29, 1.82) is 0 Å². The van der Waals surface area contributed by atoms with Crippen molar-refractivity contribution in [3.8, 4) is 5.75 Å². The van der Waals surface area contributed by atoms with Crippen molar-refractivity contribution in [2.45, 2.75) is 13.3 Å². The summed E-state index contributed by atoms with van der Waals surface area (Å²) in [6.07, 6.45) is 0.173. The predicted octanol–water partition coefficient (Wildman–Crippen LogP) is 4.07. The second-order valence-corrected chi connectivity index (χ2v) is 5.35. The molecule has 0 heterocycles. The molecule has 0 amide bonds. The summed E-state index contributed by atoms with van der Waals surface area (Å²) in [5.74, 6) is 0.307. The van der Waals surface area contributed by atoms with E-state index in [1.54, 1.807) is 62.6 Å². The van der Waals surface area contributed by atoms with Gasteiger partial charge in [0.25, 0.3) is 0 Å². The fraction of sp³-hybridized carbons (Fsp3) is 0.200. The lowest BCUT2D eigenvalue weighted by Crippen LogP contribution is -2.07. The molecule has 130 valence electrons. The molecule has 0 radical (unpaired) electrons. The third-order valence-electron chi connectivity index (χ3n) is 3.50. The quantitative estimate of drug-likeness (QED) is 0.580. The van der Waals surface area contributed by atoms with Gasteiger partial charge in [-0.15, -0.1) is 0 Å². The van der Waals surface area contributed by atoms with Crippen molar-refractivity contribution in [1.82, 2.24) is 0 Å². The Kier molecular flexibility index (Phi) is 6.34. The summed E-state index contributed by atoms with van der Waals surface area (Å²) in [5.41, 5.74) is 2.40. The normalized spacial score (nSPS) is 10.0. The molecule has 5 nitrogen and oxygen atoms in total. The average molecular weight is 339 g/mol. The first-order chi connectivity index (χ1) is 12.0. The number of hydrogen-bond acceptors (Lipinski definition) is 5. The third-order valence-corrected chi connectivity index (χ3v) is 3.50. The van der Waals surface area contributed by atoms with E-state index < -0.39 is 0 Å². The number of rotatable bonds is 8. The number of anilines is 1. The standard InChI is InChI=1S/C20H21NO4/c1-4-25-20(23)16-5-9-17(10-6-16)21-14(2)13-19(22)15-7-11-18(24-3)12-8-15/h5-12,21H,2,4,13H2,1,3H3. The van der Waals surface area contributed by atoms with Gasteiger partial charge in [0, 0.05) is 16.9 Å². The van der Waals surface area contributed by atoms with Crippen LogP contribution in [0.15, 0.2) is 60.8 Å². The number of benzene rings is 2. The SMILES string of the molecule is C=C(CC(=O)c1ccc(OC)cc1)Nc1ccc(C(=O)OCC)cc1. The van der Waals surface area contributed by atoms with Crippen LogP contribution in [0.1, 0.15) is 34.1 Å². The summed E-state index contributed by atoms with van der Waals surface area (Å²) >= 11 is 0. The minimum atomic E-state index is -0.359. The fourth-order valence-electron chi connectivity index (χ4n) is 2.23. The Bertz CT molecular complexity index is 748. The van der Waals surface area contributed by atoms with Gasteiger partial charge in [0.1, 0.15) is 5.75 Å². The smallest absolute Gasteiger partial charge is 0.338 e. The molecule has 0 bridgehead atoms. The topological polar surface area (TPSA) is 64.6 Å². The molecule has 2 rings (SSSR count). The van der Waals surface area contributed by atoms with E-state index in [0.717, 1.165) is 5.69 Å². The second-order valence-electron chi connectivity index (χ2n) is 5.35. The van der Waals surface area contributed by atoms with E-state index in [0.29, 0.717) is 29.2 Å². The van der Waals surface area contributed by atoms with Crippen LogP contribution in [0.3, 0.4) is 0 Å². The summed E-state index contributed by atoms with van der Waals surface area (Å²) < 4.78 is 10.0. The van der Waals surface area contributed by atoms with Gasteiger partial charge < -0.3 is 14.8 Å². The van der Waals surface area contributed by atoms with Crippen LogP contribution >= 0.6 is 0 Å². The molecule has 0 unspecified atom stereocenters. The van der Waals surface area contributed by atoms with Crippen LogP contribution < -0.4 is 10.1 Å². The van der Waals surface area contributed by atoms with Crippen LogP contribution in [0, 0.1) is 0 Å². The van der Waals surface area contributed by atoms with Crippen molar-refractivity contribution >= 4 is 17.4 Å². The first kappa shape index (κ1) is 18.3. The maximum atomic E-state index is 12.3. The Hall–Kier alpha value is -3.08. The largest absolute Gasteiger partial charge is 0.497 e. The number of ether oxygens (including phenoxy) is 2. The fourth-order valence-corrected chi connectivity index (χ4v) is 2.23. The van der Waals surface area contributed by atoms with E-state index in [4.69, 9.17) is 9.47 Å². The lowest BCUT2D eigenvalue weighted by atomic mass is 10.1. The van der Waals surface area contributed by atoms with Crippen LogP contribution in [0.2, 0.25) is 0 Å². The van der Waals surface area contributed by atoms with E-state index >= 15 is 0 Å². The van der Waals surface area contributed by atoms with Gasteiger partial charge in [-0.3, -0.25) is 4.79 Å². The van der Waals surface area contributed by atoms with Crippen LogP contribution in [0.25, 0.3) is 0 Å². The number of carbonyl (C=O) groups excluding carboxylic acids is 2. The molecule has 25 heavy (non-hydrogen) atoms. The highest BCUT2D eigenvalue weighted by Crippen LogP contribution is 2.17. The van der Waals surface area contributed by atoms with Crippen molar-refractivity contribution < 1.29 is 19.1 Å². The molecule has 0 aliphatic heterocycles. The van der Waals surface area contributed by atoms with Crippen molar-refractivity contribution in [3.05, 3.63) is 71.9 Å². The molecule has 0 atom stereocenters. The molecule has 0 spiro atoms. The Morgan fingerprint density at radius 2 is 1.60 bits per heavy atom. The molecule has 0 saturated carbocycles. The lowest BCUT2D eigenvalue weighted by Gasteiger charge is -2.10. The van der Waals surface area contributed by atoms with Gasteiger partial charge in [-0.05, 0) is 55.5 Å². The summed E-state index contributed by atoms with van der Waals surface area (Å²) in [7, 11) is 1.58. The lowest BCUT2D eigenvalue weighted by molar-refractivity contribution is 0.0526. The summed E-state index contributed by atoms with van der Waals surface area (Å²) in [6, 6.07) is 13.8. The zero-order valence-electron chi connectivity index (χ0n) is 14.4. The number of methoxy groups -OCH3 is 1. The van der Waals surface area contributed by atoms with Gasteiger partial charge in [-0.2, -0.15) is 0 Å². The summed E-state index contributed by atoms with van der Waals surface area (Å²) in [6.45, 7) is 5.99. The Balaban J connectivity index is 1.92. The molecule has 0 aliphatic rings. The van der Waals surface area contributed by atoms with Gasteiger partial charge in [-0.1, -0.05) is 6.58 Å². The number of allylic oxidation sites excluding steroid dienone is 1. The minimum Gasteiger partial charge on any atom is -0.497 e. The van der Waals surface area contributed by atoms with Gasteiger partial charge in [-0.25, -0.2) is 4.79 Å².